The van der Waals surface area contributed by atoms with E-state index in [0.29, 0.717) is 0 Å². The van der Waals surface area contributed by atoms with Crippen LogP contribution in [-0.2, 0) is 10.8 Å². The van der Waals surface area contributed by atoms with Crippen LogP contribution in [0, 0.1) is 0 Å². The van der Waals surface area contributed by atoms with Gasteiger partial charge in [0.1, 0.15) is 0 Å². The van der Waals surface area contributed by atoms with Gasteiger partial charge in [-0.2, -0.15) is 0 Å². The quantitative estimate of drug-likeness (QED) is 0.111. The second kappa shape index (κ2) is 14.7. The molecule has 14 rings (SSSR count). The Bertz CT molecular complexity index is 4000. The molecule has 2 nitrogen and oxygen atoms in total. The summed E-state index contributed by atoms with van der Waals surface area (Å²) >= 11 is 0. The minimum atomic E-state index is -1.55. The molecule has 350 valence electrons. The van der Waals surface area contributed by atoms with E-state index in [4.69, 9.17) is 0 Å². The van der Waals surface area contributed by atoms with Crippen molar-refractivity contribution in [1.29, 1.82) is 0 Å². The Morgan fingerprint density at radius 2 is 0.625 bits per heavy atom. The van der Waals surface area contributed by atoms with Crippen LogP contribution in [0.25, 0.3) is 75.4 Å². The van der Waals surface area contributed by atoms with Crippen LogP contribution in [0.4, 0.5) is 34.1 Å². The lowest BCUT2D eigenvalue weighted by Gasteiger charge is -2.31. The molecule has 72 heavy (non-hydrogen) atoms. The number of anilines is 6. The fraction of sp³-hybridized carbons (Fsp3) is 0.176. The molecule has 0 radical (unpaired) electrons. The Hall–Kier alpha value is -7.25. The van der Waals surface area contributed by atoms with E-state index in [2.05, 4.69) is 259 Å². The van der Waals surface area contributed by atoms with Gasteiger partial charge >= 0.3 is 0 Å². The number of rotatable bonds is 8. The summed E-state index contributed by atoms with van der Waals surface area (Å²) in [6, 6.07) is 71.1. The lowest BCUT2D eigenvalue weighted by atomic mass is 9.81. The first kappa shape index (κ1) is 43.5. The predicted octanol–water partition coefficient (Wildman–Crippen LogP) is 18.5. The first-order valence-corrected chi connectivity index (χ1v) is 33.0. The summed E-state index contributed by atoms with van der Waals surface area (Å²) in [7, 11) is -3.11. The summed E-state index contributed by atoms with van der Waals surface area (Å²) in [5, 5.41) is 21.4. The summed E-state index contributed by atoms with van der Waals surface area (Å²) in [5.41, 5.74) is 12.5. The molecular weight excluding hydrogens is 901 g/mol. The van der Waals surface area contributed by atoms with Gasteiger partial charge in [0.2, 0.25) is 0 Å². The highest BCUT2D eigenvalue weighted by Gasteiger charge is 2.37. The first-order valence-electron chi connectivity index (χ1n) is 26.0. The lowest BCUT2D eigenvalue weighted by Crippen LogP contribution is -2.37. The fourth-order valence-electron chi connectivity index (χ4n) is 13.3. The smallest absolute Gasteiger partial charge is 0.0775 e. The molecule has 0 saturated carbocycles. The van der Waals surface area contributed by atoms with E-state index in [-0.39, 0.29) is 10.8 Å². The summed E-state index contributed by atoms with van der Waals surface area (Å²) in [5.74, 6) is 0. The SMILES string of the molecule is CC1(C)c2cccc3ccc4cc(N(c5ccc([Si](C)(C)C)cc5)c5ccc6ccc7c(N(c8ccc([Si](C)(C)C)cc8)c8cc9c%10c(ccc%11cccc(c%11%10)C9(C)C)c8)ccc8ccc5c6c87)cc1c4c23. The van der Waals surface area contributed by atoms with Gasteiger partial charge in [0.25, 0.3) is 0 Å². The van der Waals surface area contributed by atoms with Gasteiger partial charge < -0.3 is 9.80 Å². The molecule has 0 aliphatic heterocycles. The molecule has 12 aromatic carbocycles. The molecular formula is C68H60N2Si2. The topological polar surface area (TPSA) is 6.48 Å². The second-order valence-corrected chi connectivity index (χ2v) is 34.4. The summed E-state index contributed by atoms with van der Waals surface area (Å²) < 4.78 is 0. The monoisotopic (exact) mass is 960 g/mol. The number of hydrogen-bond acceptors (Lipinski definition) is 2. The molecule has 0 spiro atoms. The van der Waals surface area contributed by atoms with Crippen LogP contribution < -0.4 is 20.2 Å². The van der Waals surface area contributed by atoms with E-state index in [1.165, 1.54) is 142 Å². The Kier molecular flexibility index (Phi) is 8.88. The molecule has 4 heteroatoms. The number of nitrogens with zero attached hydrogens (tertiary/aromatic N) is 2. The van der Waals surface area contributed by atoms with Crippen molar-refractivity contribution in [3.05, 3.63) is 204 Å². The maximum absolute atomic E-state index is 2.56. The molecule has 0 bridgehead atoms. The van der Waals surface area contributed by atoms with Gasteiger partial charge in [-0.05, 0) is 148 Å². The molecule has 0 unspecified atom stereocenters. The molecule has 0 saturated heterocycles. The zero-order valence-corrected chi connectivity index (χ0v) is 45.2. The van der Waals surface area contributed by atoms with E-state index >= 15 is 0 Å². The van der Waals surface area contributed by atoms with Crippen LogP contribution in [-0.4, -0.2) is 16.1 Å². The van der Waals surface area contributed by atoms with Crippen molar-refractivity contribution in [2.45, 2.75) is 77.8 Å². The lowest BCUT2D eigenvalue weighted by molar-refractivity contribution is 0.662. The molecule has 0 heterocycles. The van der Waals surface area contributed by atoms with E-state index in [9.17, 15) is 0 Å². The zero-order valence-electron chi connectivity index (χ0n) is 43.2. The maximum atomic E-state index is 2.56. The molecule has 0 fully saturated rings. The van der Waals surface area contributed by atoms with E-state index in [1.807, 2.05) is 0 Å². The van der Waals surface area contributed by atoms with Gasteiger partial charge in [0.05, 0.1) is 27.5 Å². The highest BCUT2D eigenvalue weighted by Crippen LogP contribution is 2.55. The average molecular weight is 961 g/mol. The summed E-state index contributed by atoms with van der Waals surface area (Å²) in [6.07, 6.45) is 0. The molecule has 12 aromatic rings. The van der Waals surface area contributed by atoms with Crippen molar-refractivity contribution in [2.24, 2.45) is 0 Å². The van der Waals surface area contributed by atoms with Gasteiger partial charge in [0, 0.05) is 44.4 Å². The highest BCUT2D eigenvalue weighted by molar-refractivity contribution is 6.89. The van der Waals surface area contributed by atoms with Gasteiger partial charge in [0.15, 0.2) is 0 Å². The van der Waals surface area contributed by atoms with Gasteiger partial charge in [-0.15, -0.1) is 0 Å². The Labute approximate surface area is 425 Å². The fourth-order valence-corrected chi connectivity index (χ4v) is 15.6. The molecule has 0 atom stereocenters. The largest absolute Gasteiger partial charge is 0.310 e. The third-order valence-electron chi connectivity index (χ3n) is 17.2. The van der Waals surface area contributed by atoms with Crippen LogP contribution in [0.5, 0.6) is 0 Å². The van der Waals surface area contributed by atoms with Crippen LogP contribution in [0.1, 0.15) is 49.9 Å². The third kappa shape index (κ3) is 6.06. The Balaban J connectivity index is 1.01. The van der Waals surface area contributed by atoms with Crippen molar-refractivity contribution in [2.75, 3.05) is 9.80 Å². The van der Waals surface area contributed by atoms with Crippen LogP contribution >= 0.6 is 0 Å². The first-order chi connectivity index (χ1) is 34.5. The van der Waals surface area contributed by atoms with E-state index < -0.39 is 16.1 Å². The van der Waals surface area contributed by atoms with Crippen LogP contribution in [0.3, 0.4) is 0 Å². The normalized spacial score (nSPS) is 14.8. The Morgan fingerprint density at radius 3 is 1.01 bits per heavy atom. The molecule has 0 aromatic heterocycles. The number of benzene rings is 12. The second-order valence-electron chi connectivity index (χ2n) is 24.2. The molecule has 2 aliphatic carbocycles. The standard InChI is InChI=1S/C68H60N2Si2/c1-67(2)55-15-11-13-41-17-19-45-37-49(39-57(67)65(45)63(41)55)69(47-25-29-51(30-26-47)71(5,6)7)59-35-23-43-22-34-54-60(36-24-44-21-33-53(59)61(43)62(44)54)70(48-27-31-52(32-28-48)72(8,9)10)50-38-46-20-18-42-14-12-16-56-64(42)66(46)58(40-50)68(56,3)4/h11-40H,1-10H3. The van der Waals surface area contributed by atoms with Crippen molar-refractivity contribution in [3.63, 3.8) is 0 Å². The molecule has 0 N–H and O–H groups in total. The summed E-state index contributed by atoms with van der Waals surface area (Å²) in [4.78, 5) is 5.11. The molecule has 2 aliphatic rings. The van der Waals surface area contributed by atoms with Crippen LogP contribution in [0.15, 0.2) is 182 Å². The zero-order chi connectivity index (χ0) is 49.4. The number of hydrogen-bond donors (Lipinski definition) is 0. The minimum absolute atomic E-state index is 0.139. The van der Waals surface area contributed by atoms with Crippen molar-refractivity contribution >= 4 is 136 Å². The van der Waals surface area contributed by atoms with Gasteiger partial charge in [-0.3, -0.25) is 0 Å². The van der Waals surface area contributed by atoms with Crippen molar-refractivity contribution in [1.82, 2.24) is 0 Å². The van der Waals surface area contributed by atoms with Crippen molar-refractivity contribution < 1.29 is 0 Å². The van der Waals surface area contributed by atoms with Crippen molar-refractivity contribution in [3.8, 4) is 0 Å². The van der Waals surface area contributed by atoms with E-state index in [0.717, 1.165) is 0 Å². The van der Waals surface area contributed by atoms with Crippen LogP contribution in [0.2, 0.25) is 39.3 Å². The highest BCUT2D eigenvalue weighted by atomic mass is 28.3. The van der Waals surface area contributed by atoms with E-state index in [1.54, 1.807) is 0 Å². The van der Waals surface area contributed by atoms with Gasteiger partial charge in [-0.25, -0.2) is 0 Å². The van der Waals surface area contributed by atoms with Gasteiger partial charge in [-0.1, -0.05) is 199 Å². The minimum Gasteiger partial charge on any atom is -0.310 e. The third-order valence-corrected chi connectivity index (χ3v) is 21.3. The molecule has 0 amide bonds. The Morgan fingerprint density at radius 1 is 0.292 bits per heavy atom. The maximum Gasteiger partial charge on any atom is 0.0775 e. The predicted molar refractivity (Wildman–Crippen MR) is 320 cm³/mol. The summed E-state index contributed by atoms with van der Waals surface area (Å²) in [6.45, 7) is 24.3. The average Bonchev–Trinajstić information content (AvgIpc) is 3.75.